The van der Waals surface area contributed by atoms with Gasteiger partial charge in [-0.05, 0) is 37.5 Å². The zero-order chi connectivity index (χ0) is 11.4. The highest BCUT2D eigenvalue weighted by atomic mass is 15.2. The van der Waals surface area contributed by atoms with E-state index in [1.54, 1.807) is 0 Å². The van der Waals surface area contributed by atoms with Crippen molar-refractivity contribution in [3.63, 3.8) is 0 Å². The van der Waals surface area contributed by atoms with Crippen LogP contribution in [0, 0.1) is 6.92 Å². The second-order valence-electron chi connectivity index (χ2n) is 4.21. The van der Waals surface area contributed by atoms with E-state index in [1.165, 1.54) is 11.1 Å². The fourth-order valence-electron chi connectivity index (χ4n) is 1.76. The van der Waals surface area contributed by atoms with Crippen LogP contribution in [0.15, 0.2) is 23.5 Å². The highest BCUT2D eigenvalue weighted by molar-refractivity contribution is 5.81. The molecule has 1 unspecified atom stereocenters. The first-order valence-electron chi connectivity index (χ1n) is 5.70. The van der Waals surface area contributed by atoms with Crippen molar-refractivity contribution in [2.45, 2.75) is 26.3 Å². The number of pyridine rings is 1. The highest BCUT2D eigenvalue weighted by Crippen LogP contribution is 2.04. The summed E-state index contributed by atoms with van der Waals surface area (Å²) in [6, 6.07) is 2.54. The molecule has 1 aromatic rings. The van der Waals surface area contributed by atoms with E-state index in [0.717, 1.165) is 25.5 Å². The molecule has 0 spiro atoms. The summed E-state index contributed by atoms with van der Waals surface area (Å²) < 4.78 is 0. The molecule has 0 amide bonds. The van der Waals surface area contributed by atoms with Gasteiger partial charge in [-0.15, -0.1) is 0 Å². The Labute approximate surface area is 96.2 Å². The van der Waals surface area contributed by atoms with Gasteiger partial charge in [0, 0.05) is 25.0 Å². The van der Waals surface area contributed by atoms with Crippen LogP contribution in [0.1, 0.15) is 18.1 Å². The summed E-state index contributed by atoms with van der Waals surface area (Å²) in [5.41, 5.74) is 2.59. The van der Waals surface area contributed by atoms with Gasteiger partial charge in [-0.3, -0.25) is 9.98 Å². The molecule has 0 aliphatic carbocycles. The third kappa shape index (κ3) is 2.72. The van der Waals surface area contributed by atoms with Crippen LogP contribution in [0.25, 0.3) is 0 Å². The van der Waals surface area contributed by atoms with Crippen LogP contribution in [-0.2, 0) is 6.42 Å². The lowest BCUT2D eigenvalue weighted by atomic mass is 10.1. The Morgan fingerprint density at radius 3 is 3.12 bits per heavy atom. The predicted octanol–water partition coefficient (Wildman–Crippen LogP) is 0.870. The molecule has 16 heavy (non-hydrogen) atoms. The van der Waals surface area contributed by atoms with Crippen molar-refractivity contribution in [2.75, 3.05) is 13.1 Å². The molecule has 0 radical (unpaired) electrons. The Balaban J connectivity index is 1.78. The number of hydrogen-bond donors (Lipinski definition) is 2. The molecule has 0 aromatic carbocycles. The number of hydrogen-bond acceptors (Lipinski definition) is 4. The van der Waals surface area contributed by atoms with Gasteiger partial charge < -0.3 is 10.6 Å². The lowest BCUT2D eigenvalue weighted by Crippen LogP contribution is -2.38. The van der Waals surface area contributed by atoms with Crippen LogP contribution in [0.4, 0.5) is 0 Å². The Bertz CT molecular complexity index is 386. The first-order chi connectivity index (χ1) is 7.75. The van der Waals surface area contributed by atoms with Gasteiger partial charge in [0.05, 0.1) is 6.54 Å². The van der Waals surface area contributed by atoms with E-state index in [1.807, 2.05) is 12.4 Å². The molecule has 86 valence electrons. The summed E-state index contributed by atoms with van der Waals surface area (Å²) in [6.07, 6.45) is 4.75. The Morgan fingerprint density at radius 1 is 1.56 bits per heavy atom. The first-order valence-corrected chi connectivity index (χ1v) is 5.70. The molecule has 4 nitrogen and oxygen atoms in total. The van der Waals surface area contributed by atoms with Gasteiger partial charge in [-0.1, -0.05) is 0 Å². The molecular formula is C12H18N4. The van der Waals surface area contributed by atoms with Crippen molar-refractivity contribution in [3.8, 4) is 0 Å². The van der Waals surface area contributed by atoms with Gasteiger partial charge in [-0.25, -0.2) is 0 Å². The third-order valence-corrected chi connectivity index (χ3v) is 2.73. The van der Waals surface area contributed by atoms with E-state index in [9.17, 15) is 0 Å². The summed E-state index contributed by atoms with van der Waals surface area (Å²) in [7, 11) is 0. The highest BCUT2D eigenvalue weighted by Gasteiger charge is 2.11. The Hall–Kier alpha value is -1.58. The lowest BCUT2D eigenvalue weighted by Gasteiger charge is -2.09. The smallest absolute Gasteiger partial charge is 0.191 e. The fraction of sp³-hybridized carbons (Fsp3) is 0.500. The third-order valence-electron chi connectivity index (χ3n) is 2.73. The van der Waals surface area contributed by atoms with E-state index in [4.69, 9.17) is 0 Å². The minimum absolute atomic E-state index is 0.463. The van der Waals surface area contributed by atoms with Crippen LogP contribution >= 0.6 is 0 Å². The molecule has 0 bridgehead atoms. The summed E-state index contributed by atoms with van der Waals surface area (Å²) in [4.78, 5) is 8.44. The number of nitrogens with one attached hydrogen (secondary N) is 2. The molecule has 0 saturated carbocycles. The van der Waals surface area contributed by atoms with Crippen molar-refractivity contribution in [3.05, 3.63) is 29.6 Å². The number of nitrogens with zero attached hydrogens (tertiary/aromatic N) is 2. The van der Waals surface area contributed by atoms with Crippen LogP contribution in [0.2, 0.25) is 0 Å². The number of aryl methyl sites for hydroxylation is 1. The monoisotopic (exact) mass is 218 g/mol. The summed E-state index contributed by atoms with van der Waals surface area (Å²) in [5.74, 6) is 0.930. The van der Waals surface area contributed by atoms with E-state index in [-0.39, 0.29) is 0 Å². The normalized spacial score (nSPS) is 19.1. The molecule has 0 saturated heterocycles. The van der Waals surface area contributed by atoms with Crippen molar-refractivity contribution in [1.29, 1.82) is 0 Å². The quantitative estimate of drug-likeness (QED) is 0.791. The average Bonchev–Trinajstić information content (AvgIpc) is 2.67. The maximum Gasteiger partial charge on any atom is 0.191 e. The number of aliphatic imine (C=N–C) groups is 1. The van der Waals surface area contributed by atoms with Crippen LogP contribution < -0.4 is 10.6 Å². The van der Waals surface area contributed by atoms with Crippen LogP contribution in [0.5, 0.6) is 0 Å². The molecule has 0 fully saturated rings. The van der Waals surface area contributed by atoms with E-state index in [2.05, 4.69) is 40.5 Å². The van der Waals surface area contributed by atoms with Gasteiger partial charge in [0.25, 0.3) is 0 Å². The molecule has 1 aliphatic rings. The minimum Gasteiger partial charge on any atom is -0.356 e. The van der Waals surface area contributed by atoms with E-state index < -0.39 is 0 Å². The zero-order valence-corrected chi connectivity index (χ0v) is 9.83. The number of rotatable bonds is 3. The molecule has 1 atom stereocenters. The van der Waals surface area contributed by atoms with Crippen molar-refractivity contribution in [1.82, 2.24) is 15.6 Å². The SMILES string of the molecule is Cc1cnccc1CCNC1=NCC(C)N1. The number of guanidine groups is 1. The first kappa shape index (κ1) is 10.9. The summed E-state index contributed by atoms with van der Waals surface area (Å²) in [6.45, 7) is 6.00. The minimum atomic E-state index is 0.463. The van der Waals surface area contributed by atoms with Crippen LogP contribution in [0.3, 0.4) is 0 Å². The molecular weight excluding hydrogens is 200 g/mol. The van der Waals surface area contributed by atoms with Gasteiger partial charge in [0.2, 0.25) is 0 Å². The van der Waals surface area contributed by atoms with E-state index >= 15 is 0 Å². The topological polar surface area (TPSA) is 49.3 Å². The van der Waals surface area contributed by atoms with Gasteiger partial charge in [0.1, 0.15) is 0 Å². The van der Waals surface area contributed by atoms with Crippen molar-refractivity contribution in [2.24, 2.45) is 4.99 Å². The van der Waals surface area contributed by atoms with Gasteiger partial charge in [0.15, 0.2) is 5.96 Å². The lowest BCUT2D eigenvalue weighted by molar-refractivity contribution is 0.712. The van der Waals surface area contributed by atoms with E-state index in [0.29, 0.717) is 6.04 Å². The molecule has 1 aliphatic heterocycles. The number of aromatic nitrogens is 1. The fourth-order valence-corrected chi connectivity index (χ4v) is 1.76. The molecule has 4 heteroatoms. The van der Waals surface area contributed by atoms with Gasteiger partial charge >= 0.3 is 0 Å². The van der Waals surface area contributed by atoms with Gasteiger partial charge in [-0.2, -0.15) is 0 Å². The van der Waals surface area contributed by atoms with Crippen molar-refractivity contribution >= 4 is 5.96 Å². The molecule has 1 aromatic heterocycles. The molecule has 2 rings (SSSR count). The maximum absolute atomic E-state index is 4.35. The summed E-state index contributed by atoms with van der Waals surface area (Å²) >= 11 is 0. The summed E-state index contributed by atoms with van der Waals surface area (Å²) in [5, 5.41) is 6.59. The Morgan fingerprint density at radius 2 is 2.44 bits per heavy atom. The Kier molecular flexibility index (Phi) is 3.39. The largest absolute Gasteiger partial charge is 0.356 e. The second kappa shape index (κ2) is 4.96. The predicted molar refractivity (Wildman–Crippen MR) is 65.6 cm³/mol. The zero-order valence-electron chi connectivity index (χ0n) is 9.83. The van der Waals surface area contributed by atoms with Crippen molar-refractivity contribution < 1.29 is 0 Å². The maximum atomic E-state index is 4.35. The standard InChI is InChI=1S/C12H18N4/c1-9-7-13-5-3-11(9)4-6-14-12-15-8-10(2)16-12/h3,5,7,10H,4,6,8H2,1-2H3,(H2,14,15,16). The average molecular weight is 218 g/mol. The second-order valence-corrected chi connectivity index (χ2v) is 4.21. The molecule has 2 N–H and O–H groups in total. The van der Waals surface area contributed by atoms with Crippen LogP contribution in [-0.4, -0.2) is 30.1 Å². The molecule has 2 heterocycles.